The van der Waals surface area contributed by atoms with Crippen LogP contribution in [0, 0.1) is 10.1 Å². The quantitative estimate of drug-likeness (QED) is 0.475. The van der Waals surface area contributed by atoms with Crippen LogP contribution in [0.1, 0.15) is 0 Å². The highest BCUT2D eigenvalue weighted by Gasteiger charge is 2.15. The number of nitro benzene ring substituents is 1. The normalized spacial score (nSPS) is 13.2. The van der Waals surface area contributed by atoms with Crippen molar-refractivity contribution in [2.75, 3.05) is 6.66 Å². The van der Waals surface area contributed by atoms with Crippen LogP contribution in [0.15, 0.2) is 54.6 Å². The van der Waals surface area contributed by atoms with E-state index in [0.29, 0.717) is 11.5 Å². The van der Waals surface area contributed by atoms with E-state index in [9.17, 15) is 10.1 Å². The van der Waals surface area contributed by atoms with Crippen molar-refractivity contribution in [1.29, 1.82) is 0 Å². The average Bonchev–Trinajstić information content (AvgIpc) is 2.39. The van der Waals surface area contributed by atoms with Crippen molar-refractivity contribution in [3.63, 3.8) is 0 Å². The molecule has 0 aromatic heterocycles. The van der Waals surface area contributed by atoms with Crippen molar-refractivity contribution in [3.05, 3.63) is 64.7 Å². The van der Waals surface area contributed by atoms with Gasteiger partial charge in [0.1, 0.15) is 11.5 Å². The van der Waals surface area contributed by atoms with Crippen LogP contribution in [0.25, 0.3) is 0 Å². The molecule has 2 aromatic rings. The van der Waals surface area contributed by atoms with Crippen molar-refractivity contribution in [1.82, 2.24) is 0 Å². The summed E-state index contributed by atoms with van der Waals surface area (Å²) in [5, 5.41) is 10.6. The SMILES string of the molecule is CP(=S)(Oc1ccccc1)Oc1ccc([N+](=O)[O-])cc1. The van der Waals surface area contributed by atoms with Crippen molar-refractivity contribution in [2.45, 2.75) is 0 Å². The van der Waals surface area contributed by atoms with Gasteiger partial charge in [-0.3, -0.25) is 10.1 Å². The lowest BCUT2D eigenvalue weighted by molar-refractivity contribution is -0.384. The lowest BCUT2D eigenvalue weighted by Gasteiger charge is -2.19. The number of nitro groups is 1. The number of hydrogen-bond acceptors (Lipinski definition) is 5. The Kier molecular flexibility index (Phi) is 4.37. The van der Waals surface area contributed by atoms with E-state index in [1.54, 1.807) is 18.8 Å². The zero-order chi connectivity index (χ0) is 14.6. The van der Waals surface area contributed by atoms with Crippen LogP contribution in [0.3, 0.4) is 0 Å². The predicted octanol–water partition coefficient (Wildman–Crippen LogP) is 3.99. The van der Waals surface area contributed by atoms with Gasteiger partial charge in [0.2, 0.25) is 0 Å². The molecule has 2 aromatic carbocycles. The van der Waals surface area contributed by atoms with Crippen LogP contribution in [0.5, 0.6) is 11.5 Å². The molecule has 0 aliphatic rings. The van der Waals surface area contributed by atoms with Crippen LogP contribution in [0.4, 0.5) is 5.69 Å². The Hall–Kier alpha value is -1.91. The molecule has 0 radical (unpaired) electrons. The van der Waals surface area contributed by atoms with Gasteiger partial charge in [0.05, 0.1) is 4.92 Å². The number of non-ortho nitro benzene ring substituents is 1. The van der Waals surface area contributed by atoms with Gasteiger partial charge in [-0.1, -0.05) is 18.2 Å². The molecule has 5 nitrogen and oxygen atoms in total. The Labute approximate surface area is 121 Å². The minimum atomic E-state index is -2.51. The maximum absolute atomic E-state index is 10.6. The average molecular weight is 309 g/mol. The second-order valence-electron chi connectivity index (χ2n) is 4.02. The summed E-state index contributed by atoms with van der Waals surface area (Å²) >= 11 is 5.32. The highest BCUT2D eigenvalue weighted by Crippen LogP contribution is 2.45. The number of hydrogen-bond donors (Lipinski definition) is 0. The minimum absolute atomic E-state index is 0.00531. The van der Waals surface area contributed by atoms with E-state index in [1.807, 2.05) is 18.2 Å². The van der Waals surface area contributed by atoms with Crippen molar-refractivity contribution in [3.8, 4) is 11.5 Å². The molecule has 0 amide bonds. The van der Waals surface area contributed by atoms with Crippen LogP contribution in [-0.2, 0) is 11.8 Å². The molecule has 0 spiro atoms. The van der Waals surface area contributed by atoms with Crippen LogP contribution in [0.2, 0.25) is 0 Å². The summed E-state index contributed by atoms with van der Waals surface area (Å²) in [6, 6.07) is 14.9. The number of benzene rings is 2. The van der Waals surface area contributed by atoms with Gasteiger partial charge in [-0.05, 0) is 36.1 Å². The van der Waals surface area contributed by atoms with Gasteiger partial charge in [0, 0.05) is 18.8 Å². The Balaban J connectivity index is 2.08. The third-order valence-corrected chi connectivity index (χ3v) is 3.87. The predicted molar refractivity (Wildman–Crippen MR) is 81.0 cm³/mol. The molecule has 0 aliphatic carbocycles. The van der Waals surface area contributed by atoms with E-state index in [2.05, 4.69) is 0 Å². The van der Waals surface area contributed by atoms with Gasteiger partial charge >= 0.3 is 0 Å². The minimum Gasteiger partial charge on any atom is -0.435 e. The second-order valence-corrected chi connectivity index (χ2v) is 7.92. The molecular formula is C13H12NO4PS. The van der Waals surface area contributed by atoms with E-state index in [-0.39, 0.29) is 5.69 Å². The molecule has 0 saturated carbocycles. The number of nitrogens with zero attached hydrogens (tertiary/aromatic N) is 1. The van der Waals surface area contributed by atoms with Crippen molar-refractivity contribution in [2.24, 2.45) is 0 Å². The van der Waals surface area contributed by atoms with E-state index >= 15 is 0 Å². The summed E-state index contributed by atoms with van der Waals surface area (Å²) < 4.78 is 11.3. The Bertz CT molecular complexity index is 645. The standard InChI is InChI=1S/C13H12NO4PS/c1-19(20,17-12-5-3-2-4-6-12)18-13-9-7-11(8-10-13)14(15)16/h2-10H,1H3. The molecule has 20 heavy (non-hydrogen) atoms. The summed E-state index contributed by atoms with van der Waals surface area (Å²) in [6.07, 6.45) is 0. The van der Waals surface area contributed by atoms with Gasteiger partial charge in [-0.15, -0.1) is 0 Å². The number of para-hydroxylation sites is 1. The zero-order valence-corrected chi connectivity index (χ0v) is 12.3. The maximum Gasteiger partial charge on any atom is 0.284 e. The molecule has 104 valence electrons. The maximum atomic E-state index is 10.6. The van der Waals surface area contributed by atoms with Gasteiger partial charge < -0.3 is 9.05 Å². The summed E-state index contributed by atoms with van der Waals surface area (Å²) in [5.74, 6) is 1.10. The monoisotopic (exact) mass is 309 g/mol. The van der Waals surface area contributed by atoms with Crippen LogP contribution >= 0.6 is 6.49 Å². The van der Waals surface area contributed by atoms with E-state index < -0.39 is 11.4 Å². The first-order chi connectivity index (χ1) is 9.46. The fraction of sp³-hybridized carbons (Fsp3) is 0.0769. The second kappa shape index (κ2) is 6.03. The molecule has 2 rings (SSSR count). The van der Waals surface area contributed by atoms with Crippen molar-refractivity contribution < 1.29 is 14.0 Å². The highest BCUT2D eigenvalue weighted by molar-refractivity contribution is 8.09. The van der Waals surface area contributed by atoms with Crippen LogP contribution < -0.4 is 9.05 Å². The molecule has 0 heterocycles. The lowest BCUT2D eigenvalue weighted by Crippen LogP contribution is -1.98. The third kappa shape index (κ3) is 4.05. The first-order valence-electron chi connectivity index (χ1n) is 5.72. The third-order valence-electron chi connectivity index (χ3n) is 2.33. The van der Waals surface area contributed by atoms with E-state index in [0.717, 1.165) is 0 Å². The fourth-order valence-corrected chi connectivity index (χ4v) is 3.07. The Morgan fingerprint density at radius 1 is 1.00 bits per heavy atom. The van der Waals surface area contributed by atoms with Crippen LogP contribution in [-0.4, -0.2) is 11.6 Å². The molecule has 1 atom stereocenters. The lowest BCUT2D eigenvalue weighted by atomic mass is 10.3. The fourth-order valence-electron chi connectivity index (χ4n) is 1.51. The zero-order valence-electron chi connectivity index (χ0n) is 10.6. The first-order valence-corrected chi connectivity index (χ1v) is 8.81. The molecule has 0 fully saturated rings. The van der Waals surface area contributed by atoms with E-state index in [4.69, 9.17) is 20.9 Å². The van der Waals surface area contributed by atoms with Crippen molar-refractivity contribution >= 4 is 24.0 Å². The van der Waals surface area contributed by atoms with E-state index in [1.165, 1.54) is 24.3 Å². The number of rotatable bonds is 5. The largest absolute Gasteiger partial charge is 0.435 e. The molecular weight excluding hydrogens is 297 g/mol. The summed E-state index contributed by atoms with van der Waals surface area (Å²) in [4.78, 5) is 10.1. The molecule has 0 saturated heterocycles. The van der Waals surface area contributed by atoms with Gasteiger partial charge in [0.15, 0.2) is 0 Å². The molecule has 1 unspecified atom stereocenters. The Morgan fingerprint density at radius 3 is 2.00 bits per heavy atom. The Morgan fingerprint density at radius 2 is 1.50 bits per heavy atom. The molecule has 0 N–H and O–H groups in total. The molecule has 0 aliphatic heterocycles. The highest BCUT2D eigenvalue weighted by atomic mass is 32.5. The van der Waals surface area contributed by atoms with Gasteiger partial charge in [-0.25, -0.2) is 0 Å². The summed E-state index contributed by atoms with van der Waals surface area (Å²) in [6.45, 7) is -0.807. The smallest absolute Gasteiger partial charge is 0.284 e. The molecule has 0 bridgehead atoms. The summed E-state index contributed by atoms with van der Waals surface area (Å²) in [5.41, 5.74) is 0.00531. The summed E-state index contributed by atoms with van der Waals surface area (Å²) in [7, 11) is 0. The first kappa shape index (κ1) is 14.5. The topological polar surface area (TPSA) is 61.6 Å². The molecule has 7 heteroatoms. The van der Waals surface area contributed by atoms with Gasteiger partial charge in [0.25, 0.3) is 12.2 Å². The van der Waals surface area contributed by atoms with Gasteiger partial charge in [-0.2, -0.15) is 0 Å².